The first-order valence-electron chi connectivity index (χ1n) is 1.86. The van der Waals surface area contributed by atoms with E-state index in [1.807, 2.05) is 0 Å². The molecular formula is C3H3Cl3F2O. The first-order chi connectivity index (χ1) is 4.00. The zero-order valence-corrected chi connectivity index (χ0v) is 6.35. The molecule has 0 rings (SSSR count). The van der Waals surface area contributed by atoms with Gasteiger partial charge in [0.25, 0.3) is 0 Å². The van der Waals surface area contributed by atoms with Crippen LogP contribution >= 0.6 is 34.8 Å². The van der Waals surface area contributed by atoms with Crippen molar-refractivity contribution in [2.45, 2.75) is 10.9 Å². The summed E-state index contributed by atoms with van der Waals surface area (Å²) in [5.41, 5.74) is 0. The number of ether oxygens (including phenoxy) is 1. The highest BCUT2D eigenvalue weighted by Gasteiger charge is 2.38. The van der Waals surface area contributed by atoms with E-state index < -0.39 is 17.0 Å². The lowest BCUT2D eigenvalue weighted by atomic mass is 10.7. The number of halogens is 5. The van der Waals surface area contributed by atoms with Crippen molar-refractivity contribution in [3.05, 3.63) is 0 Å². The van der Waals surface area contributed by atoms with E-state index in [2.05, 4.69) is 4.74 Å². The maximum absolute atomic E-state index is 12.0. The summed E-state index contributed by atoms with van der Waals surface area (Å²) >= 11 is 14.4. The minimum absolute atomic E-state index is 0.636. The van der Waals surface area contributed by atoms with Gasteiger partial charge in [0.1, 0.15) is 6.07 Å². The van der Waals surface area contributed by atoms with Crippen LogP contribution in [0.2, 0.25) is 0 Å². The Morgan fingerprint density at radius 2 is 1.89 bits per heavy atom. The smallest absolute Gasteiger partial charge is 0.302 e. The summed E-state index contributed by atoms with van der Waals surface area (Å²) in [6.45, 7) is 0. The molecule has 0 heterocycles. The molecule has 0 spiro atoms. The predicted molar refractivity (Wildman–Crippen MR) is 32.2 cm³/mol. The van der Waals surface area contributed by atoms with E-state index in [0.717, 1.165) is 0 Å². The number of hydrogen-bond donors (Lipinski definition) is 0. The van der Waals surface area contributed by atoms with Crippen LogP contribution in [0.1, 0.15) is 0 Å². The second-order valence-electron chi connectivity index (χ2n) is 1.12. The largest absolute Gasteiger partial charge is 0.386 e. The van der Waals surface area contributed by atoms with Gasteiger partial charge in [0.2, 0.25) is 0 Å². The summed E-state index contributed by atoms with van der Waals surface area (Å²) in [4.78, 5) is -1.88. The van der Waals surface area contributed by atoms with Gasteiger partial charge in [-0.1, -0.05) is 34.8 Å². The Morgan fingerprint density at radius 1 is 1.44 bits per heavy atom. The molecule has 0 radical (unpaired) electrons. The van der Waals surface area contributed by atoms with Crippen LogP contribution in [0, 0.1) is 0 Å². The fourth-order valence-electron chi connectivity index (χ4n) is 0.136. The Balaban J connectivity index is 3.70. The molecule has 0 unspecified atom stereocenters. The van der Waals surface area contributed by atoms with Crippen LogP contribution in [0.15, 0.2) is 0 Å². The van der Waals surface area contributed by atoms with Crippen molar-refractivity contribution in [2.75, 3.05) is 6.07 Å². The minimum Gasteiger partial charge on any atom is -0.302 e. The normalized spacial score (nSPS) is 12.7. The highest BCUT2D eigenvalue weighted by molar-refractivity contribution is 6.44. The van der Waals surface area contributed by atoms with Crippen LogP contribution in [0.5, 0.6) is 0 Å². The van der Waals surface area contributed by atoms with Crippen molar-refractivity contribution >= 4 is 34.8 Å². The van der Waals surface area contributed by atoms with Gasteiger partial charge < -0.3 is 4.74 Å². The van der Waals surface area contributed by atoms with E-state index in [0.29, 0.717) is 0 Å². The molecule has 9 heavy (non-hydrogen) atoms. The highest BCUT2D eigenvalue weighted by atomic mass is 35.5. The van der Waals surface area contributed by atoms with Gasteiger partial charge >= 0.3 is 6.11 Å². The van der Waals surface area contributed by atoms with Crippen molar-refractivity contribution in [1.82, 2.24) is 0 Å². The van der Waals surface area contributed by atoms with Crippen LogP contribution in [-0.2, 0) is 4.74 Å². The average Bonchev–Trinajstić information content (AvgIpc) is 1.65. The maximum atomic E-state index is 12.0. The molecule has 0 aliphatic heterocycles. The van der Waals surface area contributed by atoms with Gasteiger partial charge in [-0.15, -0.1) is 0 Å². The van der Waals surface area contributed by atoms with E-state index in [9.17, 15) is 8.78 Å². The summed E-state index contributed by atoms with van der Waals surface area (Å²) in [6, 6.07) is -0.636. The lowest BCUT2D eigenvalue weighted by Crippen LogP contribution is -2.27. The molecule has 0 amide bonds. The molecule has 0 aliphatic carbocycles. The lowest BCUT2D eigenvalue weighted by Gasteiger charge is -2.14. The van der Waals surface area contributed by atoms with Gasteiger partial charge in [0, 0.05) is 0 Å². The molecule has 0 N–H and O–H groups in total. The Morgan fingerprint density at radius 3 is 2.00 bits per heavy atom. The second kappa shape index (κ2) is 3.76. The van der Waals surface area contributed by atoms with Crippen LogP contribution < -0.4 is 0 Å². The monoisotopic (exact) mass is 198 g/mol. The third-order valence-electron chi connectivity index (χ3n) is 0.501. The van der Waals surface area contributed by atoms with E-state index in [4.69, 9.17) is 34.8 Å². The molecule has 0 bridgehead atoms. The Labute approximate surface area is 65.8 Å². The molecule has 0 aliphatic rings. The van der Waals surface area contributed by atoms with Gasteiger partial charge in [-0.25, -0.2) is 0 Å². The van der Waals surface area contributed by atoms with Crippen molar-refractivity contribution in [1.29, 1.82) is 0 Å². The van der Waals surface area contributed by atoms with Crippen LogP contribution in [-0.4, -0.2) is 17.0 Å². The summed E-state index contributed by atoms with van der Waals surface area (Å²) in [5, 5.41) is 0. The Bertz CT molecular complexity index is 87.1. The van der Waals surface area contributed by atoms with E-state index >= 15 is 0 Å². The molecule has 0 saturated heterocycles. The van der Waals surface area contributed by atoms with Crippen LogP contribution in [0.3, 0.4) is 0 Å². The first-order valence-corrected chi connectivity index (χ1v) is 3.27. The molecule has 6 heteroatoms. The Hall–Kier alpha value is 0.690. The van der Waals surface area contributed by atoms with Crippen molar-refractivity contribution < 1.29 is 13.5 Å². The fraction of sp³-hybridized carbons (Fsp3) is 1.00. The molecule has 0 fully saturated rings. The Kier molecular flexibility index (Phi) is 4.05. The quantitative estimate of drug-likeness (QED) is 0.635. The summed E-state index contributed by atoms with van der Waals surface area (Å²) < 4.78 is 27.6. The third kappa shape index (κ3) is 3.40. The number of alkyl halides is 5. The third-order valence-corrected chi connectivity index (χ3v) is 1.12. The molecule has 0 saturated carbocycles. The zero-order valence-electron chi connectivity index (χ0n) is 4.08. The molecular weight excluding hydrogens is 196 g/mol. The van der Waals surface area contributed by atoms with E-state index in [1.54, 1.807) is 0 Å². The maximum Gasteiger partial charge on any atom is 0.386 e. The standard InChI is InChI=1S/C3H3Cl3F2O/c4-1-9-3(7,8)2(5)6/h2H,1H2. The molecule has 0 atom stereocenters. The molecule has 0 aromatic heterocycles. The van der Waals surface area contributed by atoms with Gasteiger partial charge in [-0.3, -0.25) is 0 Å². The fourth-order valence-corrected chi connectivity index (χ4v) is 0.407. The van der Waals surface area contributed by atoms with Gasteiger partial charge in [-0.05, 0) is 0 Å². The van der Waals surface area contributed by atoms with E-state index in [1.165, 1.54) is 0 Å². The molecule has 0 aromatic rings. The van der Waals surface area contributed by atoms with Crippen molar-refractivity contribution in [3.63, 3.8) is 0 Å². The van der Waals surface area contributed by atoms with Crippen LogP contribution in [0.4, 0.5) is 8.78 Å². The van der Waals surface area contributed by atoms with Crippen molar-refractivity contribution in [3.8, 4) is 0 Å². The summed E-state index contributed by atoms with van der Waals surface area (Å²) in [7, 11) is 0. The number of hydrogen-bond acceptors (Lipinski definition) is 1. The predicted octanol–water partition coefficient (Wildman–Crippen LogP) is 2.60. The molecule has 1 nitrogen and oxygen atoms in total. The number of rotatable bonds is 3. The van der Waals surface area contributed by atoms with E-state index in [-0.39, 0.29) is 0 Å². The summed E-state index contributed by atoms with van der Waals surface area (Å²) in [5.74, 6) is 0. The topological polar surface area (TPSA) is 9.23 Å². The van der Waals surface area contributed by atoms with Crippen molar-refractivity contribution in [2.24, 2.45) is 0 Å². The second-order valence-corrected chi connectivity index (χ2v) is 2.43. The summed E-state index contributed by atoms with van der Waals surface area (Å²) in [6.07, 6.45) is -3.55. The zero-order chi connectivity index (χ0) is 7.49. The molecule has 56 valence electrons. The van der Waals surface area contributed by atoms with Crippen LogP contribution in [0.25, 0.3) is 0 Å². The SMILES string of the molecule is FC(F)(OCCl)C(Cl)Cl. The average molecular weight is 199 g/mol. The van der Waals surface area contributed by atoms with Gasteiger partial charge in [-0.2, -0.15) is 8.78 Å². The highest BCUT2D eigenvalue weighted by Crippen LogP contribution is 2.27. The lowest BCUT2D eigenvalue weighted by molar-refractivity contribution is -0.216. The molecule has 0 aromatic carbocycles. The first kappa shape index (κ1) is 9.69. The van der Waals surface area contributed by atoms with Gasteiger partial charge in [0.15, 0.2) is 4.84 Å². The van der Waals surface area contributed by atoms with Gasteiger partial charge in [0.05, 0.1) is 0 Å². The minimum atomic E-state index is -3.55.